The molecule has 0 spiro atoms. The van der Waals surface area contributed by atoms with Crippen LogP contribution in [-0.4, -0.2) is 0 Å². The number of fused-ring (bicyclic) bond motifs is 8. The summed E-state index contributed by atoms with van der Waals surface area (Å²) in [6, 6.07) is 58.6. The quantitative estimate of drug-likeness (QED) is 0.171. The van der Waals surface area contributed by atoms with Crippen molar-refractivity contribution in [1.82, 2.24) is 0 Å². The van der Waals surface area contributed by atoms with Gasteiger partial charge in [-0.3, -0.25) is 0 Å². The van der Waals surface area contributed by atoms with E-state index in [0.29, 0.717) is 0 Å². The first-order valence-corrected chi connectivity index (χ1v) is 17.6. The lowest BCUT2D eigenvalue weighted by molar-refractivity contribution is 0.667. The third-order valence-electron chi connectivity index (χ3n) is 10.6. The first-order valence-electron chi connectivity index (χ1n) is 16.8. The second-order valence-electron chi connectivity index (χ2n) is 13.6. The average Bonchev–Trinajstić information content (AvgIpc) is 3.63. The number of thiophene rings is 1. The largest absolute Gasteiger partial charge is 0.135 e. The molecule has 1 aliphatic carbocycles. The van der Waals surface area contributed by atoms with E-state index in [4.69, 9.17) is 0 Å². The lowest BCUT2D eigenvalue weighted by Crippen LogP contribution is -2.14. The molecular formula is C47H32S. The van der Waals surface area contributed by atoms with E-state index < -0.39 is 0 Å². The molecule has 0 fully saturated rings. The van der Waals surface area contributed by atoms with Gasteiger partial charge in [0.15, 0.2) is 0 Å². The molecule has 0 nitrogen and oxygen atoms in total. The van der Waals surface area contributed by atoms with E-state index in [2.05, 4.69) is 172 Å². The Bertz CT molecular complexity index is 2690. The van der Waals surface area contributed by atoms with Crippen molar-refractivity contribution in [2.75, 3.05) is 0 Å². The van der Waals surface area contributed by atoms with Crippen molar-refractivity contribution in [2.24, 2.45) is 0 Å². The van der Waals surface area contributed by atoms with E-state index in [1.807, 2.05) is 11.3 Å². The monoisotopic (exact) mass is 628 g/mol. The summed E-state index contributed by atoms with van der Waals surface area (Å²) < 4.78 is 1.36. The Morgan fingerprint density at radius 1 is 0.417 bits per heavy atom. The van der Waals surface area contributed by atoms with Crippen molar-refractivity contribution in [3.8, 4) is 43.8 Å². The molecule has 48 heavy (non-hydrogen) atoms. The summed E-state index contributed by atoms with van der Waals surface area (Å²) in [4.78, 5) is 1.43. The minimum atomic E-state index is -0.0401. The smallest absolute Gasteiger partial charge is 0.0399 e. The summed E-state index contributed by atoms with van der Waals surface area (Å²) in [5.74, 6) is 0. The van der Waals surface area contributed by atoms with Crippen molar-refractivity contribution in [3.63, 3.8) is 0 Å². The zero-order valence-corrected chi connectivity index (χ0v) is 27.7. The summed E-state index contributed by atoms with van der Waals surface area (Å²) in [7, 11) is 0. The van der Waals surface area contributed by atoms with E-state index in [1.54, 1.807) is 0 Å². The molecule has 8 aromatic carbocycles. The van der Waals surface area contributed by atoms with Gasteiger partial charge in [0, 0.05) is 15.0 Å². The second-order valence-corrected chi connectivity index (χ2v) is 14.7. The molecule has 0 N–H and O–H groups in total. The van der Waals surface area contributed by atoms with Gasteiger partial charge in [0.2, 0.25) is 0 Å². The number of hydrogen-bond donors (Lipinski definition) is 0. The van der Waals surface area contributed by atoms with Crippen LogP contribution < -0.4 is 0 Å². The highest BCUT2D eigenvalue weighted by molar-refractivity contribution is 7.22. The number of benzene rings is 8. The molecule has 1 aromatic heterocycles. The van der Waals surface area contributed by atoms with Gasteiger partial charge in [-0.25, -0.2) is 0 Å². The van der Waals surface area contributed by atoms with Crippen LogP contribution in [0.1, 0.15) is 25.0 Å². The number of rotatable bonds is 3. The Morgan fingerprint density at radius 3 is 1.75 bits per heavy atom. The standard InChI is InChI=1S/C47H32S/c1-47(2)41-23-13-12-22-38(41)46-45(47)40-27-31(24-25-42(40)48-46)43-34-18-8-10-20-36(34)44(37-21-11-9-19-35(37)43)39-28-32(29-14-4-3-5-15-29)26-30-16-6-7-17-33(30)39/h3-28H,1-2H3. The molecule has 0 radical (unpaired) electrons. The lowest BCUT2D eigenvalue weighted by Gasteiger charge is -2.22. The van der Waals surface area contributed by atoms with Gasteiger partial charge >= 0.3 is 0 Å². The van der Waals surface area contributed by atoms with Crippen LogP contribution in [0.4, 0.5) is 0 Å². The molecule has 1 aliphatic rings. The summed E-state index contributed by atoms with van der Waals surface area (Å²) in [6.07, 6.45) is 0. The maximum Gasteiger partial charge on any atom is 0.0399 e. The highest BCUT2D eigenvalue weighted by atomic mass is 32.1. The van der Waals surface area contributed by atoms with E-state index in [0.717, 1.165) is 0 Å². The highest BCUT2D eigenvalue weighted by Crippen LogP contribution is 2.56. The van der Waals surface area contributed by atoms with Crippen molar-refractivity contribution < 1.29 is 0 Å². The van der Waals surface area contributed by atoms with Crippen molar-refractivity contribution >= 4 is 53.7 Å². The fourth-order valence-corrected chi connectivity index (χ4v) is 9.85. The third kappa shape index (κ3) is 3.89. The molecule has 10 rings (SSSR count). The fourth-order valence-electron chi connectivity index (χ4n) is 8.47. The predicted molar refractivity (Wildman–Crippen MR) is 208 cm³/mol. The molecule has 0 saturated carbocycles. The fraction of sp³-hybridized carbons (Fsp3) is 0.0638. The molecule has 0 bridgehead atoms. The van der Waals surface area contributed by atoms with Crippen LogP contribution in [0.2, 0.25) is 0 Å². The van der Waals surface area contributed by atoms with Gasteiger partial charge in [-0.05, 0) is 112 Å². The Kier molecular flexibility index (Phi) is 5.89. The topological polar surface area (TPSA) is 0 Å². The van der Waals surface area contributed by atoms with E-state index in [-0.39, 0.29) is 5.41 Å². The lowest BCUT2D eigenvalue weighted by atomic mass is 9.80. The highest BCUT2D eigenvalue weighted by Gasteiger charge is 2.38. The maximum atomic E-state index is 2.48. The normalized spacial score (nSPS) is 13.4. The Hall–Kier alpha value is -5.50. The molecule has 0 saturated heterocycles. The van der Waals surface area contributed by atoms with E-state index in [9.17, 15) is 0 Å². The van der Waals surface area contributed by atoms with Crippen LogP contribution in [0.25, 0.3) is 86.2 Å². The Morgan fingerprint density at radius 2 is 1.02 bits per heavy atom. The molecule has 9 aromatic rings. The van der Waals surface area contributed by atoms with Gasteiger partial charge in [0.05, 0.1) is 0 Å². The van der Waals surface area contributed by atoms with Crippen LogP contribution in [0.5, 0.6) is 0 Å². The average molecular weight is 629 g/mol. The minimum absolute atomic E-state index is 0.0401. The van der Waals surface area contributed by atoms with Crippen LogP contribution in [0.15, 0.2) is 158 Å². The van der Waals surface area contributed by atoms with E-state index >= 15 is 0 Å². The Balaban J connectivity index is 1.28. The van der Waals surface area contributed by atoms with Crippen LogP contribution in [-0.2, 0) is 5.41 Å². The van der Waals surface area contributed by atoms with Gasteiger partial charge in [0.25, 0.3) is 0 Å². The van der Waals surface area contributed by atoms with Crippen molar-refractivity contribution in [1.29, 1.82) is 0 Å². The van der Waals surface area contributed by atoms with Gasteiger partial charge in [-0.1, -0.05) is 147 Å². The summed E-state index contributed by atoms with van der Waals surface area (Å²) in [5, 5.41) is 9.05. The third-order valence-corrected chi connectivity index (χ3v) is 11.8. The summed E-state index contributed by atoms with van der Waals surface area (Å²) >= 11 is 1.94. The SMILES string of the molecule is CC1(C)c2ccccc2-c2sc3ccc(-c4c5ccccc5c(-c5cc(-c6ccccc6)cc6ccccc56)c5ccccc45)cc3c21. The van der Waals surface area contributed by atoms with Crippen LogP contribution in [0.3, 0.4) is 0 Å². The molecular weight excluding hydrogens is 597 g/mol. The first-order chi connectivity index (χ1) is 23.6. The van der Waals surface area contributed by atoms with Gasteiger partial charge < -0.3 is 0 Å². The molecule has 0 amide bonds. The predicted octanol–water partition coefficient (Wildman–Crippen LogP) is 13.7. The van der Waals surface area contributed by atoms with Crippen molar-refractivity contribution in [2.45, 2.75) is 19.3 Å². The Labute approximate surface area is 284 Å². The first kappa shape index (κ1) is 27.6. The molecule has 0 unspecified atom stereocenters. The van der Waals surface area contributed by atoms with Crippen molar-refractivity contribution in [3.05, 3.63) is 169 Å². The molecule has 226 valence electrons. The number of hydrogen-bond acceptors (Lipinski definition) is 1. The summed E-state index contributed by atoms with van der Waals surface area (Å²) in [5.41, 5.74) is 11.9. The van der Waals surface area contributed by atoms with Crippen LogP contribution >= 0.6 is 11.3 Å². The van der Waals surface area contributed by atoms with Crippen LogP contribution in [0, 0.1) is 0 Å². The molecule has 1 heteroatoms. The zero-order chi connectivity index (χ0) is 32.0. The maximum absolute atomic E-state index is 2.48. The van der Waals surface area contributed by atoms with Gasteiger partial charge in [0.1, 0.15) is 0 Å². The zero-order valence-electron chi connectivity index (χ0n) is 26.9. The van der Waals surface area contributed by atoms with Gasteiger partial charge in [-0.2, -0.15) is 0 Å². The van der Waals surface area contributed by atoms with E-state index in [1.165, 1.54) is 97.4 Å². The molecule has 0 aliphatic heterocycles. The molecule has 0 atom stereocenters. The summed E-state index contributed by atoms with van der Waals surface area (Å²) in [6.45, 7) is 4.79. The minimum Gasteiger partial charge on any atom is -0.135 e. The molecule has 1 heterocycles. The van der Waals surface area contributed by atoms with Gasteiger partial charge in [-0.15, -0.1) is 11.3 Å². The second kappa shape index (κ2) is 10.2.